The molecule has 1 N–H and O–H groups in total. The van der Waals surface area contributed by atoms with Gasteiger partial charge in [0, 0.05) is 11.4 Å². The lowest BCUT2D eigenvalue weighted by Gasteiger charge is -2.10. The van der Waals surface area contributed by atoms with Crippen molar-refractivity contribution in [2.45, 2.75) is 19.8 Å². The van der Waals surface area contributed by atoms with Gasteiger partial charge in [-0.05, 0) is 41.8 Å². The van der Waals surface area contributed by atoms with Crippen LogP contribution in [0.4, 0.5) is 15.8 Å². The van der Waals surface area contributed by atoms with Crippen molar-refractivity contribution >= 4 is 11.4 Å². The van der Waals surface area contributed by atoms with Crippen LogP contribution in [0.25, 0.3) is 0 Å². The maximum atomic E-state index is 13.5. The Morgan fingerprint density at radius 2 is 1.84 bits per heavy atom. The molecule has 0 saturated heterocycles. The minimum absolute atomic E-state index is 0.0569. The van der Waals surface area contributed by atoms with Crippen molar-refractivity contribution < 1.29 is 4.39 Å². The Balaban J connectivity index is 2.24. The van der Waals surface area contributed by atoms with Gasteiger partial charge in [0.1, 0.15) is 11.9 Å². The van der Waals surface area contributed by atoms with Crippen LogP contribution in [-0.4, -0.2) is 0 Å². The van der Waals surface area contributed by atoms with Gasteiger partial charge in [-0.1, -0.05) is 26.0 Å². The van der Waals surface area contributed by atoms with Crippen LogP contribution in [0.1, 0.15) is 30.9 Å². The summed E-state index contributed by atoms with van der Waals surface area (Å²) in [6.07, 6.45) is 0. The molecular formula is C16H15FN2. The number of hydrogen-bond acceptors (Lipinski definition) is 2. The molecule has 19 heavy (non-hydrogen) atoms. The minimum Gasteiger partial charge on any atom is -0.355 e. The van der Waals surface area contributed by atoms with Gasteiger partial charge < -0.3 is 5.32 Å². The molecule has 0 saturated carbocycles. The van der Waals surface area contributed by atoms with E-state index in [1.165, 1.54) is 17.7 Å². The standard InChI is InChI=1S/C16H15FN2/c1-11(2)12-4-3-5-14(8-12)19-15-7-6-13(10-18)16(17)9-15/h3-9,11,19H,1-2H3. The molecule has 2 nitrogen and oxygen atoms in total. The third-order valence-corrected chi connectivity index (χ3v) is 2.93. The molecule has 0 radical (unpaired) electrons. The molecule has 2 aromatic carbocycles. The highest BCUT2D eigenvalue weighted by Gasteiger charge is 2.04. The Bertz CT molecular complexity index is 627. The van der Waals surface area contributed by atoms with Gasteiger partial charge >= 0.3 is 0 Å². The van der Waals surface area contributed by atoms with E-state index in [9.17, 15) is 4.39 Å². The van der Waals surface area contributed by atoms with Gasteiger partial charge in [-0.15, -0.1) is 0 Å². The molecule has 0 aromatic heterocycles. The predicted molar refractivity (Wildman–Crippen MR) is 74.9 cm³/mol. The number of nitrogens with zero attached hydrogens (tertiary/aromatic N) is 1. The average Bonchev–Trinajstić information content (AvgIpc) is 2.39. The van der Waals surface area contributed by atoms with E-state index in [1.807, 2.05) is 24.3 Å². The zero-order valence-corrected chi connectivity index (χ0v) is 10.9. The monoisotopic (exact) mass is 254 g/mol. The Morgan fingerprint density at radius 3 is 2.47 bits per heavy atom. The first kappa shape index (κ1) is 13.1. The smallest absolute Gasteiger partial charge is 0.143 e. The summed E-state index contributed by atoms with van der Waals surface area (Å²) in [5.74, 6) is -0.0630. The highest BCUT2D eigenvalue weighted by Crippen LogP contribution is 2.23. The molecule has 0 aliphatic carbocycles. The van der Waals surface area contributed by atoms with E-state index in [2.05, 4.69) is 25.2 Å². The van der Waals surface area contributed by atoms with Crippen LogP contribution in [0.2, 0.25) is 0 Å². The molecule has 0 spiro atoms. The Hall–Kier alpha value is -2.34. The number of anilines is 2. The average molecular weight is 254 g/mol. The quantitative estimate of drug-likeness (QED) is 0.871. The fourth-order valence-corrected chi connectivity index (χ4v) is 1.83. The zero-order valence-electron chi connectivity index (χ0n) is 10.9. The van der Waals surface area contributed by atoms with Crippen LogP contribution in [0.3, 0.4) is 0 Å². The topological polar surface area (TPSA) is 35.8 Å². The van der Waals surface area contributed by atoms with E-state index in [4.69, 9.17) is 5.26 Å². The molecule has 0 bridgehead atoms. The van der Waals surface area contributed by atoms with Gasteiger partial charge in [0.05, 0.1) is 5.56 Å². The summed E-state index contributed by atoms with van der Waals surface area (Å²) in [5.41, 5.74) is 2.83. The SMILES string of the molecule is CC(C)c1cccc(Nc2ccc(C#N)c(F)c2)c1. The van der Waals surface area contributed by atoms with Gasteiger partial charge in [0.25, 0.3) is 0 Å². The van der Waals surface area contributed by atoms with Crippen LogP contribution in [-0.2, 0) is 0 Å². The Kier molecular flexibility index (Phi) is 3.82. The molecule has 2 rings (SSSR count). The highest BCUT2D eigenvalue weighted by molar-refractivity contribution is 5.61. The fraction of sp³-hybridized carbons (Fsp3) is 0.188. The molecular weight excluding hydrogens is 239 g/mol. The van der Waals surface area contributed by atoms with Gasteiger partial charge in [0.2, 0.25) is 0 Å². The summed E-state index contributed by atoms with van der Waals surface area (Å²) < 4.78 is 13.5. The third kappa shape index (κ3) is 3.11. The number of halogens is 1. The van der Waals surface area contributed by atoms with Crippen molar-refractivity contribution in [2.24, 2.45) is 0 Å². The lowest BCUT2D eigenvalue weighted by molar-refractivity contribution is 0.624. The van der Waals surface area contributed by atoms with Crippen LogP contribution in [0.5, 0.6) is 0 Å². The van der Waals surface area contributed by atoms with E-state index in [1.54, 1.807) is 6.07 Å². The summed E-state index contributed by atoms with van der Waals surface area (Å²) in [5, 5.41) is 11.8. The maximum Gasteiger partial charge on any atom is 0.143 e. The molecule has 0 unspecified atom stereocenters. The van der Waals surface area contributed by atoms with Crippen LogP contribution >= 0.6 is 0 Å². The van der Waals surface area contributed by atoms with E-state index in [0.717, 1.165) is 5.69 Å². The second-order valence-corrected chi connectivity index (χ2v) is 4.71. The molecule has 96 valence electrons. The van der Waals surface area contributed by atoms with Crippen LogP contribution in [0.15, 0.2) is 42.5 Å². The van der Waals surface area contributed by atoms with Crippen LogP contribution < -0.4 is 5.32 Å². The molecule has 0 atom stereocenters. The van der Waals surface area contributed by atoms with E-state index < -0.39 is 5.82 Å². The number of nitriles is 1. The maximum absolute atomic E-state index is 13.5. The molecule has 0 fully saturated rings. The summed E-state index contributed by atoms with van der Waals surface area (Å²) in [6, 6.07) is 14.3. The third-order valence-electron chi connectivity index (χ3n) is 2.93. The minimum atomic E-state index is -0.507. The van der Waals surface area contributed by atoms with Gasteiger partial charge in [-0.2, -0.15) is 5.26 Å². The molecule has 0 heterocycles. The van der Waals surface area contributed by atoms with Gasteiger partial charge in [-0.3, -0.25) is 0 Å². The van der Waals surface area contributed by atoms with Crippen molar-refractivity contribution in [1.82, 2.24) is 0 Å². The van der Waals surface area contributed by atoms with Crippen molar-refractivity contribution in [3.8, 4) is 6.07 Å². The zero-order chi connectivity index (χ0) is 13.8. The summed E-state index contributed by atoms with van der Waals surface area (Å²) in [7, 11) is 0. The Labute approximate surface area is 112 Å². The summed E-state index contributed by atoms with van der Waals surface area (Å²) >= 11 is 0. The second-order valence-electron chi connectivity index (χ2n) is 4.71. The largest absolute Gasteiger partial charge is 0.355 e. The van der Waals surface area contributed by atoms with E-state index in [-0.39, 0.29) is 5.56 Å². The van der Waals surface area contributed by atoms with E-state index >= 15 is 0 Å². The lowest BCUT2D eigenvalue weighted by atomic mass is 10.0. The Morgan fingerprint density at radius 1 is 1.11 bits per heavy atom. The van der Waals surface area contributed by atoms with Crippen LogP contribution in [0, 0.1) is 17.1 Å². The normalized spacial score (nSPS) is 10.3. The second kappa shape index (κ2) is 5.53. The molecule has 2 aromatic rings. The molecule has 0 aliphatic rings. The van der Waals surface area contributed by atoms with Gasteiger partial charge in [-0.25, -0.2) is 4.39 Å². The summed E-state index contributed by atoms with van der Waals surface area (Å²) in [4.78, 5) is 0. The summed E-state index contributed by atoms with van der Waals surface area (Å²) in [6.45, 7) is 4.25. The number of benzene rings is 2. The molecule has 3 heteroatoms. The number of hydrogen-bond donors (Lipinski definition) is 1. The first-order valence-corrected chi connectivity index (χ1v) is 6.17. The van der Waals surface area contributed by atoms with Crippen molar-refractivity contribution in [2.75, 3.05) is 5.32 Å². The molecule has 0 amide bonds. The number of nitrogens with one attached hydrogen (secondary N) is 1. The lowest BCUT2D eigenvalue weighted by Crippen LogP contribution is -1.94. The first-order chi connectivity index (χ1) is 9.10. The van der Waals surface area contributed by atoms with Crippen molar-refractivity contribution in [3.63, 3.8) is 0 Å². The fourth-order valence-electron chi connectivity index (χ4n) is 1.83. The van der Waals surface area contributed by atoms with Crippen molar-refractivity contribution in [3.05, 3.63) is 59.4 Å². The molecule has 0 aliphatic heterocycles. The predicted octanol–water partition coefficient (Wildman–Crippen LogP) is 4.56. The van der Waals surface area contributed by atoms with E-state index in [0.29, 0.717) is 11.6 Å². The highest BCUT2D eigenvalue weighted by atomic mass is 19.1. The van der Waals surface area contributed by atoms with Crippen molar-refractivity contribution in [1.29, 1.82) is 5.26 Å². The first-order valence-electron chi connectivity index (χ1n) is 6.17. The number of rotatable bonds is 3. The van der Waals surface area contributed by atoms with Gasteiger partial charge in [0.15, 0.2) is 0 Å².